The van der Waals surface area contributed by atoms with Crippen LogP contribution in [0.4, 0.5) is 0 Å². The largest absolute Gasteiger partial charge is 0.481 e. The third-order valence-corrected chi connectivity index (χ3v) is 6.78. The Hall–Kier alpha value is -1.99. The van der Waals surface area contributed by atoms with Crippen molar-refractivity contribution in [3.8, 4) is 0 Å². The van der Waals surface area contributed by atoms with Crippen LogP contribution in [-0.2, 0) is 10.3 Å². The first-order valence-corrected chi connectivity index (χ1v) is 10.0. The Balaban J connectivity index is 1.43. The van der Waals surface area contributed by atoms with E-state index >= 15 is 0 Å². The summed E-state index contributed by atoms with van der Waals surface area (Å²) in [5, 5.41) is 24.5. The number of hydrogen-bond acceptors (Lipinski definition) is 5. The van der Waals surface area contributed by atoms with Crippen molar-refractivity contribution in [3.05, 3.63) is 5.82 Å². The number of nitrogens with zero attached hydrogens (tertiary/aromatic N) is 4. The van der Waals surface area contributed by atoms with E-state index in [1.807, 2.05) is 20.8 Å². The second-order valence-electron chi connectivity index (χ2n) is 9.74. The lowest BCUT2D eigenvalue weighted by Crippen LogP contribution is -2.51. The van der Waals surface area contributed by atoms with Crippen molar-refractivity contribution in [1.29, 1.82) is 0 Å². The zero-order chi connectivity index (χ0) is 19.3. The maximum absolute atomic E-state index is 12.4. The fourth-order valence-corrected chi connectivity index (χ4v) is 5.88. The number of carboxylic acid groups (broad SMARTS) is 1. The van der Waals surface area contributed by atoms with E-state index in [2.05, 4.69) is 20.7 Å². The fourth-order valence-electron chi connectivity index (χ4n) is 5.88. The van der Waals surface area contributed by atoms with Crippen LogP contribution in [0.25, 0.3) is 0 Å². The quantitative estimate of drug-likeness (QED) is 0.814. The molecule has 0 saturated heterocycles. The Morgan fingerprint density at radius 1 is 1.15 bits per heavy atom. The minimum absolute atomic E-state index is 0.0147. The second-order valence-corrected chi connectivity index (χ2v) is 9.74. The molecule has 1 atom stereocenters. The summed E-state index contributed by atoms with van der Waals surface area (Å²) >= 11 is 0. The highest BCUT2D eigenvalue weighted by atomic mass is 16.4. The van der Waals surface area contributed by atoms with Gasteiger partial charge < -0.3 is 10.4 Å². The van der Waals surface area contributed by atoms with Crippen LogP contribution in [0, 0.1) is 35.5 Å². The Labute approximate surface area is 159 Å². The van der Waals surface area contributed by atoms with Crippen molar-refractivity contribution in [2.45, 2.75) is 58.4 Å². The van der Waals surface area contributed by atoms with E-state index in [9.17, 15) is 14.7 Å². The van der Waals surface area contributed by atoms with Crippen molar-refractivity contribution in [3.63, 3.8) is 0 Å². The molecule has 5 rings (SSSR count). The molecule has 1 heterocycles. The van der Waals surface area contributed by atoms with Gasteiger partial charge in [0.25, 0.3) is 11.7 Å². The Morgan fingerprint density at radius 2 is 1.74 bits per heavy atom. The average molecular weight is 375 g/mol. The number of tetrazole rings is 1. The van der Waals surface area contributed by atoms with Gasteiger partial charge in [0, 0.05) is 6.54 Å². The molecule has 0 spiro atoms. The minimum Gasteiger partial charge on any atom is -0.481 e. The second kappa shape index (κ2) is 6.56. The summed E-state index contributed by atoms with van der Waals surface area (Å²) in [4.78, 5) is 25.8. The lowest BCUT2D eigenvalue weighted by atomic mass is 9.49. The van der Waals surface area contributed by atoms with Gasteiger partial charge in [-0.2, -0.15) is 4.80 Å². The molecule has 1 aromatic heterocycles. The standard InChI is InChI=1S/C19H29N5O3/c1-19(2,3)24-22-16(21-23-24)17(25)20-9-14(18(26)27)15-12-5-10-4-11(7-12)8-13(15)6-10/h10-15H,4-9H2,1-3H3,(H,20,25)(H,26,27). The number of carbonyl (C=O) groups excluding carboxylic acids is 1. The van der Waals surface area contributed by atoms with Gasteiger partial charge in [0.2, 0.25) is 0 Å². The molecule has 8 nitrogen and oxygen atoms in total. The highest BCUT2D eigenvalue weighted by Gasteiger charge is 2.52. The van der Waals surface area contributed by atoms with Crippen molar-refractivity contribution in [1.82, 2.24) is 25.5 Å². The van der Waals surface area contributed by atoms with Crippen LogP contribution < -0.4 is 5.32 Å². The number of amides is 1. The summed E-state index contributed by atoms with van der Waals surface area (Å²) in [5.74, 6) is 0.946. The third kappa shape index (κ3) is 3.46. The number of carbonyl (C=O) groups is 2. The molecular formula is C19H29N5O3. The summed E-state index contributed by atoms with van der Waals surface area (Å²) in [6.45, 7) is 5.89. The predicted molar refractivity (Wildman–Crippen MR) is 96.8 cm³/mol. The summed E-state index contributed by atoms with van der Waals surface area (Å²) in [5.41, 5.74) is -0.366. The van der Waals surface area contributed by atoms with Gasteiger partial charge in [0.05, 0.1) is 11.5 Å². The van der Waals surface area contributed by atoms with Crippen LogP contribution in [0.2, 0.25) is 0 Å². The first kappa shape index (κ1) is 18.4. The number of hydrogen-bond donors (Lipinski definition) is 2. The van der Waals surface area contributed by atoms with E-state index in [0.717, 1.165) is 37.5 Å². The third-order valence-electron chi connectivity index (χ3n) is 6.78. The highest BCUT2D eigenvalue weighted by molar-refractivity contribution is 5.90. The van der Waals surface area contributed by atoms with Crippen molar-refractivity contribution in [2.75, 3.05) is 6.54 Å². The molecule has 4 aliphatic rings. The molecule has 8 heteroatoms. The summed E-state index contributed by atoms with van der Waals surface area (Å²) in [6.07, 6.45) is 5.99. The molecule has 2 N–H and O–H groups in total. The molecule has 1 aromatic rings. The average Bonchev–Trinajstić information content (AvgIpc) is 3.06. The number of nitrogens with one attached hydrogen (secondary N) is 1. The van der Waals surface area contributed by atoms with Gasteiger partial charge in [-0.05, 0) is 87.7 Å². The minimum atomic E-state index is -0.806. The number of carboxylic acids is 1. The zero-order valence-corrected chi connectivity index (χ0v) is 16.3. The predicted octanol–water partition coefficient (Wildman–Crippen LogP) is 1.93. The number of aromatic nitrogens is 4. The summed E-state index contributed by atoms with van der Waals surface area (Å²) in [7, 11) is 0. The first-order valence-electron chi connectivity index (χ1n) is 10.0. The molecule has 4 saturated carbocycles. The van der Waals surface area contributed by atoms with Crippen molar-refractivity contribution >= 4 is 11.9 Å². The van der Waals surface area contributed by atoms with Crippen LogP contribution in [0.1, 0.15) is 63.5 Å². The number of rotatable bonds is 5. The van der Waals surface area contributed by atoms with E-state index < -0.39 is 17.8 Å². The topological polar surface area (TPSA) is 110 Å². The molecular weight excluding hydrogens is 346 g/mol. The van der Waals surface area contributed by atoms with Gasteiger partial charge >= 0.3 is 5.97 Å². The number of aliphatic carboxylic acids is 1. The van der Waals surface area contributed by atoms with E-state index in [-0.39, 0.29) is 23.8 Å². The van der Waals surface area contributed by atoms with E-state index in [1.165, 1.54) is 11.2 Å². The molecule has 1 amide bonds. The Morgan fingerprint density at radius 3 is 2.22 bits per heavy atom. The smallest absolute Gasteiger partial charge is 0.308 e. The lowest BCUT2D eigenvalue weighted by Gasteiger charge is -2.55. The normalized spacial score (nSPS) is 33.1. The van der Waals surface area contributed by atoms with E-state index in [0.29, 0.717) is 11.8 Å². The highest BCUT2D eigenvalue weighted by Crippen LogP contribution is 2.58. The SMILES string of the molecule is CC(C)(C)n1nnc(C(=O)NCC(C(=O)O)C2C3CC4CC(C3)CC2C4)n1. The van der Waals surface area contributed by atoms with E-state index in [1.54, 1.807) is 0 Å². The summed E-state index contributed by atoms with van der Waals surface area (Å²) < 4.78 is 0. The molecule has 4 fully saturated rings. The van der Waals surface area contributed by atoms with Gasteiger partial charge in [-0.1, -0.05) is 0 Å². The molecule has 148 valence electrons. The van der Waals surface area contributed by atoms with Gasteiger partial charge in [-0.15, -0.1) is 10.2 Å². The van der Waals surface area contributed by atoms with Gasteiger partial charge in [0.15, 0.2) is 0 Å². The molecule has 27 heavy (non-hydrogen) atoms. The van der Waals surface area contributed by atoms with Crippen LogP contribution in [-0.4, -0.2) is 43.7 Å². The van der Waals surface area contributed by atoms with E-state index in [4.69, 9.17) is 0 Å². The molecule has 4 bridgehead atoms. The van der Waals surface area contributed by atoms with Crippen molar-refractivity contribution < 1.29 is 14.7 Å². The van der Waals surface area contributed by atoms with Gasteiger partial charge in [-0.3, -0.25) is 9.59 Å². The fraction of sp³-hybridized carbons (Fsp3) is 0.842. The van der Waals surface area contributed by atoms with Gasteiger partial charge in [-0.25, -0.2) is 0 Å². The zero-order valence-electron chi connectivity index (χ0n) is 16.3. The molecule has 1 unspecified atom stereocenters. The van der Waals surface area contributed by atoms with Crippen LogP contribution in [0.5, 0.6) is 0 Å². The monoisotopic (exact) mass is 375 g/mol. The molecule has 4 aliphatic carbocycles. The van der Waals surface area contributed by atoms with Crippen LogP contribution in [0.15, 0.2) is 0 Å². The Bertz CT molecular complexity index is 710. The lowest BCUT2D eigenvalue weighted by molar-refractivity contribution is -0.150. The maximum Gasteiger partial charge on any atom is 0.308 e. The summed E-state index contributed by atoms with van der Waals surface area (Å²) in [6, 6.07) is 0. The van der Waals surface area contributed by atoms with Crippen molar-refractivity contribution in [2.24, 2.45) is 35.5 Å². The Kier molecular flexibility index (Phi) is 4.47. The first-order chi connectivity index (χ1) is 12.7. The van der Waals surface area contributed by atoms with Crippen LogP contribution >= 0.6 is 0 Å². The molecule has 0 aliphatic heterocycles. The van der Waals surface area contributed by atoms with Crippen LogP contribution in [0.3, 0.4) is 0 Å². The molecule has 0 radical (unpaired) electrons. The maximum atomic E-state index is 12.4. The van der Waals surface area contributed by atoms with Gasteiger partial charge in [0.1, 0.15) is 0 Å². The molecule has 0 aromatic carbocycles.